The van der Waals surface area contributed by atoms with E-state index in [1.54, 1.807) is 11.3 Å². The van der Waals surface area contributed by atoms with Gasteiger partial charge in [0, 0.05) is 17.5 Å². The first kappa shape index (κ1) is 10.1. The Balaban J connectivity index is 1.80. The highest BCUT2D eigenvalue weighted by molar-refractivity contribution is 7.15. The minimum Gasteiger partial charge on any atom is -0.442 e. The van der Waals surface area contributed by atoms with Gasteiger partial charge in [-0.15, -0.1) is 11.3 Å². The molecule has 0 unspecified atom stereocenters. The molecule has 4 heteroatoms. The highest BCUT2D eigenvalue weighted by Crippen LogP contribution is 2.30. The van der Waals surface area contributed by atoms with Gasteiger partial charge in [0.2, 0.25) is 0 Å². The molecule has 1 N–H and O–H groups in total. The summed E-state index contributed by atoms with van der Waals surface area (Å²) in [5.74, 6) is 0.922. The van der Waals surface area contributed by atoms with Gasteiger partial charge in [-0.3, -0.25) is 0 Å². The normalized spacial score (nSPS) is 15.6. The number of oxazole rings is 1. The third-order valence-corrected chi connectivity index (χ3v) is 3.74. The molecule has 2 aromatic heterocycles. The van der Waals surface area contributed by atoms with Crippen LogP contribution in [0.25, 0.3) is 10.6 Å². The average Bonchev–Trinajstić information content (AvgIpc) is 2.82. The smallest absolute Gasteiger partial charge is 0.181 e. The lowest BCUT2D eigenvalue weighted by molar-refractivity contribution is 0.570. The fourth-order valence-corrected chi connectivity index (χ4v) is 2.56. The van der Waals surface area contributed by atoms with E-state index in [9.17, 15) is 0 Å². The molecule has 0 amide bonds. The van der Waals surface area contributed by atoms with Crippen molar-refractivity contribution in [1.29, 1.82) is 0 Å². The Bertz CT molecular complexity index is 485. The molecule has 0 radical (unpaired) electrons. The van der Waals surface area contributed by atoms with E-state index in [1.165, 1.54) is 29.0 Å². The molecule has 0 spiro atoms. The zero-order valence-electron chi connectivity index (χ0n) is 9.19. The van der Waals surface area contributed by atoms with Crippen LogP contribution in [0.15, 0.2) is 22.9 Å². The van der Waals surface area contributed by atoms with Crippen LogP contribution in [-0.4, -0.2) is 11.0 Å². The third kappa shape index (κ3) is 2.03. The summed E-state index contributed by atoms with van der Waals surface area (Å²) < 4.78 is 5.48. The number of nitrogens with zero attached hydrogens (tertiary/aromatic N) is 1. The first-order valence-electron chi connectivity index (χ1n) is 5.55. The van der Waals surface area contributed by atoms with Crippen molar-refractivity contribution in [3.63, 3.8) is 0 Å². The first-order valence-corrected chi connectivity index (χ1v) is 6.37. The lowest BCUT2D eigenvalue weighted by Crippen LogP contribution is -2.15. The summed E-state index contributed by atoms with van der Waals surface area (Å²) in [7, 11) is 0. The standard InChI is InChI=1S/C12H14N2OS/c1-8-2-5-11(16-8)12-10(14-7-15-12)6-13-9-3-4-9/h2,5,7,9,13H,3-4,6H2,1H3. The van der Waals surface area contributed by atoms with Crippen LogP contribution in [0, 0.1) is 6.92 Å². The quantitative estimate of drug-likeness (QED) is 0.883. The maximum absolute atomic E-state index is 5.48. The zero-order chi connectivity index (χ0) is 11.0. The van der Waals surface area contributed by atoms with Crippen molar-refractivity contribution in [3.8, 4) is 10.6 Å². The van der Waals surface area contributed by atoms with Crippen LogP contribution in [0.5, 0.6) is 0 Å². The molecule has 1 aliphatic rings. The molecule has 0 bridgehead atoms. The average molecular weight is 234 g/mol. The Hall–Kier alpha value is -1.13. The van der Waals surface area contributed by atoms with Gasteiger partial charge in [0.15, 0.2) is 12.2 Å². The minimum atomic E-state index is 0.703. The number of rotatable bonds is 4. The van der Waals surface area contributed by atoms with Crippen molar-refractivity contribution in [1.82, 2.24) is 10.3 Å². The molecule has 16 heavy (non-hydrogen) atoms. The summed E-state index contributed by atoms with van der Waals surface area (Å²) in [4.78, 5) is 6.75. The van der Waals surface area contributed by atoms with Gasteiger partial charge in [-0.2, -0.15) is 0 Å². The molecule has 2 aromatic rings. The van der Waals surface area contributed by atoms with E-state index in [-0.39, 0.29) is 0 Å². The fraction of sp³-hybridized carbons (Fsp3) is 0.417. The number of hydrogen-bond acceptors (Lipinski definition) is 4. The molecule has 2 heterocycles. The summed E-state index contributed by atoms with van der Waals surface area (Å²) in [6, 6.07) is 4.91. The monoisotopic (exact) mass is 234 g/mol. The summed E-state index contributed by atoms with van der Waals surface area (Å²) in [5, 5.41) is 3.46. The summed E-state index contributed by atoms with van der Waals surface area (Å²) in [5.41, 5.74) is 1.02. The van der Waals surface area contributed by atoms with Crippen LogP contribution in [0.4, 0.5) is 0 Å². The van der Waals surface area contributed by atoms with Gasteiger partial charge in [0.05, 0.1) is 4.88 Å². The Morgan fingerprint density at radius 2 is 2.38 bits per heavy atom. The van der Waals surface area contributed by atoms with E-state index >= 15 is 0 Å². The Kier molecular flexibility index (Phi) is 2.53. The van der Waals surface area contributed by atoms with Crippen molar-refractivity contribution in [2.24, 2.45) is 0 Å². The molecular formula is C12H14N2OS. The van der Waals surface area contributed by atoms with Crippen LogP contribution in [0.3, 0.4) is 0 Å². The van der Waals surface area contributed by atoms with Gasteiger partial charge in [-0.25, -0.2) is 4.98 Å². The van der Waals surface area contributed by atoms with Gasteiger partial charge in [0.1, 0.15) is 5.69 Å². The number of hydrogen-bond donors (Lipinski definition) is 1. The van der Waals surface area contributed by atoms with Crippen LogP contribution >= 0.6 is 11.3 Å². The van der Waals surface area contributed by atoms with Crippen LogP contribution in [-0.2, 0) is 6.54 Å². The Morgan fingerprint density at radius 1 is 1.50 bits per heavy atom. The number of nitrogens with one attached hydrogen (secondary N) is 1. The van der Waals surface area contributed by atoms with E-state index in [0.29, 0.717) is 6.04 Å². The molecular weight excluding hydrogens is 220 g/mol. The maximum atomic E-state index is 5.48. The zero-order valence-corrected chi connectivity index (χ0v) is 10.0. The van der Waals surface area contributed by atoms with Crippen molar-refractivity contribution < 1.29 is 4.42 Å². The van der Waals surface area contributed by atoms with E-state index < -0.39 is 0 Å². The molecule has 0 aromatic carbocycles. The van der Waals surface area contributed by atoms with Gasteiger partial charge >= 0.3 is 0 Å². The molecule has 0 saturated heterocycles. The maximum Gasteiger partial charge on any atom is 0.181 e. The van der Waals surface area contributed by atoms with Crippen LogP contribution in [0.1, 0.15) is 23.4 Å². The summed E-state index contributed by atoms with van der Waals surface area (Å²) >= 11 is 1.75. The van der Waals surface area contributed by atoms with E-state index in [2.05, 4.69) is 29.4 Å². The summed E-state index contributed by atoms with van der Waals surface area (Å²) in [6.07, 6.45) is 4.13. The SMILES string of the molecule is Cc1ccc(-c2ocnc2CNC2CC2)s1. The molecule has 84 valence electrons. The highest BCUT2D eigenvalue weighted by atomic mass is 32.1. The Morgan fingerprint density at radius 3 is 3.06 bits per heavy atom. The molecule has 1 saturated carbocycles. The second kappa shape index (κ2) is 4.03. The minimum absolute atomic E-state index is 0.703. The lowest BCUT2D eigenvalue weighted by atomic mass is 10.3. The first-order chi connectivity index (χ1) is 7.83. The molecule has 1 fully saturated rings. The number of aryl methyl sites for hydroxylation is 1. The fourth-order valence-electron chi connectivity index (χ4n) is 1.68. The molecule has 0 aliphatic heterocycles. The van der Waals surface area contributed by atoms with Crippen molar-refractivity contribution in [2.75, 3.05) is 0 Å². The van der Waals surface area contributed by atoms with Crippen molar-refractivity contribution >= 4 is 11.3 Å². The van der Waals surface area contributed by atoms with Gasteiger partial charge in [0.25, 0.3) is 0 Å². The highest BCUT2D eigenvalue weighted by Gasteiger charge is 2.21. The summed E-state index contributed by atoms with van der Waals surface area (Å²) in [6.45, 7) is 2.92. The molecule has 1 aliphatic carbocycles. The number of aromatic nitrogens is 1. The molecule has 0 atom stereocenters. The largest absolute Gasteiger partial charge is 0.442 e. The van der Waals surface area contributed by atoms with Gasteiger partial charge in [-0.1, -0.05) is 0 Å². The van der Waals surface area contributed by atoms with Crippen LogP contribution < -0.4 is 5.32 Å². The van der Waals surface area contributed by atoms with Crippen LogP contribution in [0.2, 0.25) is 0 Å². The van der Waals surface area contributed by atoms with Crippen molar-refractivity contribution in [2.45, 2.75) is 32.4 Å². The third-order valence-electron chi connectivity index (χ3n) is 2.74. The molecule has 3 nitrogen and oxygen atoms in total. The van der Waals surface area contributed by atoms with Gasteiger partial charge < -0.3 is 9.73 Å². The van der Waals surface area contributed by atoms with E-state index in [4.69, 9.17) is 4.42 Å². The second-order valence-electron chi connectivity index (χ2n) is 4.19. The van der Waals surface area contributed by atoms with E-state index in [1.807, 2.05) is 0 Å². The van der Waals surface area contributed by atoms with Gasteiger partial charge in [-0.05, 0) is 31.9 Å². The lowest BCUT2D eigenvalue weighted by Gasteiger charge is -2.00. The van der Waals surface area contributed by atoms with E-state index in [0.717, 1.165) is 18.0 Å². The Labute approximate surface area is 98.5 Å². The predicted molar refractivity (Wildman–Crippen MR) is 64.4 cm³/mol. The number of thiophene rings is 1. The van der Waals surface area contributed by atoms with Crippen molar-refractivity contribution in [3.05, 3.63) is 29.1 Å². The topological polar surface area (TPSA) is 38.1 Å². The predicted octanol–water partition coefficient (Wildman–Crippen LogP) is 2.96. The second-order valence-corrected chi connectivity index (χ2v) is 5.48. The molecule has 3 rings (SSSR count).